The maximum Gasteiger partial charge on any atom is 0.326 e. The van der Waals surface area contributed by atoms with Gasteiger partial charge in [0.25, 0.3) is 11.8 Å². The number of carbonyl (C=O) groups is 3. The van der Waals surface area contributed by atoms with Crippen LogP contribution in [-0.2, 0) is 14.3 Å². The molecule has 0 aromatic heterocycles. The fourth-order valence-corrected chi connectivity index (χ4v) is 2.47. The summed E-state index contributed by atoms with van der Waals surface area (Å²) in [6.07, 6.45) is -1.13. The van der Waals surface area contributed by atoms with Crippen molar-refractivity contribution >= 4 is 35.1 Å². The van der Waals surface area contributed by atoms with E-state index < -0.39 is 29.7 Å². The van der Waals surface area contributed by atoms with Gasteiger partial charge in [-0.2, -0.15) is 0 Å². The predicted molar refractivity (Wildman–Crippen MR) is 104 cm³/mol. The van der Waals surface area contributed by atoms with Crippen LogP contribution < -0.4 is 10.6 Å². The molecule has 2 aromatic rings. The van der Waals surface area contributed by atoms with Crippen molar-refractivity contribution in [1.29, 1.82) is 0 Å². The molecule has 2 aromatic carbocycles. The lowest BCUT2D eigenvalue weighted by Gasteiger charge is -2.14. The Morgan fingerprint density at radius 1 is 1.11 bits per heavy atom. The van der Waals surface area contributed by atoms with Gasteiger partial charge in [-0.25, -0.2) is 4.39 Å². The van der Waals surface area contributed by atoms with Gasteiger partial charge in [0, 0.05) is 5.56 Å². The van der Waals surface area contributed by atoms with E-state index in [1.165, 1.54) is 13.0 Å². The van der Waals surface area contributed by atoms with E-state index in [9.17, 15) is 18.8 Å². The fourth-order valence-electron chi connectivity index (χ4n) is 2.25. The maximum absolute atomic E-state index is 13.0. The number of benzene rings is 2. The molecule has 1 atom stereocenters. The number of carbonyl (C=O) groups excluding carboxylic acids is 3. The summed E-state index contributed by atoms with van der Waals surface area (Å²) in [6, 6.07) is 8.68. The number of rotatable bonds is 6. The highest BCUT2D eigenvalue weighted by Gasteiger charge is 2.19. The molecule has 2 rings (SSSR count). The van der Waals surface area contributed by atoms with Gasteiger partial charge in [0.05, 0.1) is 10.7 Å². The van der Waals surface area contributed by atoms with Crippen molar-refractivity contribution in [3.63, 3.8) is 0 Å². The summed E-state index contributed by atoms with van der Waals surface area (Å²) in [7, 11) is 0. The van der Waals surface area contributed by atoms with E-state index in [4.69, 9.17) is 16.3 Å². The van der Waals surface area contributed by atoms with E-state index in [0.717, 1.165) is 23.3 Å². The Labute approximate surface area is 167 Å². The van der Waals surface area contributed by atoms with Gasteiger partial charge >= 0.3 is 5.97 Å². The Kier molecular flexibility index (Phi) is 7.12. The third-order valence-electron chi connectivity index (χ3n) is 4.03. The number of aryl methyl sites for hydroxylation is 2. The van der Waals surface area contributed by atoms with Crippen molar-refractivity contribution in [3.05, 3.63) is 63.9 Å². The van der Waals surface area contributed by atoms with Crippen LogP contribution in [0.2, 0.25) is 5.02 Å². The normalized spacial score (nSPS) is 11.5. The van der Waals surface area contributed by atoms with E-state index in [1.807, 2.05) is 19.9 Å². The minimum Gasteiger partial charge on any atom is -0.451 e. The summed E-state index contributed by atoms with van der Waals surface area (Å²) in [5.41, 5.74) is 2.63. The lowest BCUT2D eigenvalue weighted by Crippen LogP contribution is -2.35. The van der Waals surface area contributed by atoms with Gasteiger partial charge in [-0.3, -0.25) is 14.4 Å². The Morgan fingerprint density at radius 2 is 1.82 bits per heavy atom. The quantitative estimate of drug-likeness (QED) is 0.720. The fraction of sp³-hybridized carbons (Fsp3) is 0.250. The summed E-state index contributed by atoms with van der Waals surface area (Å²) < 4.78 is 18.0. The summed E-state index contributed by atoms with van der Waals surface area (Å²) >= 11 is 5.84. The molecule has 0 aliphatic carbocycles. The monoisotopic (exact) mass is 406 g/mol. The van der Waals surface area contributed by atoms with E-state index in [-0.39, 0.29) is 17.3 Å². The van der Waals surface area contributed by atoms with Crippen LogP contribution in [0.1, 0.15) is 28.4 Å². The number of hydrogen-bond acceptors (Lipinski definition) is 4. The molecule has 1 unspecified atom stereocenters. The van der Waals surface area contributed by atoms with Crippen molar-refractivity contribution < 1.29 is 23.5 Å². The van der Waals surface area contributed by atoms with E-state index >= 15 is 0 Å². The molecule has 0 aliphatic rings. The molecule has 0 radical (unpaired) electrons. The second-order valence-corrected chi connectivity index (χ2v) is 6.63. The Bertz CT molecular complexity index is 917. The zero-order valence-corrected chi connectivity index (χ0v) is 16.4. The van der Waals surface area contributed by atoms with Crippen molar-refractivity contribution in [2.24, 2.45) is 0 Å². The summed E-state index contributed by atoms with van der Waals surface area (Å²) in [4.78, 5) is 36.1. The lowest BCUT2D eigenvalue weighted by molar-refractivity contribution is -0.152. The molecule has 0 bridgehead atoms. The van der Waals surface area contributed by atoms with Gasteiger partial charge in [-0.15, -0.1) is 0 Å². The lowest BCUT2D eigenvalue weighted by atomic mass is 10.1. The van der Waals surface area contributed by atoms with E-state index in [0.29, 0.717) is 5.56 Å². The van der Waals surface area contributed by atoms with Crippen molar-refractivity contribution in [3.8, 4) is 0 Å². The average Bonchev–Trinajstić information content (AvgIpc) is 2.64. The van der Waals surface area contributed by atoms with Crippen LogP contribution in [0.25, 0.3) is 0 Å². The van der Waals surface area contributed by atoms with Gasteiger partial charge < -0.3 is 15.4 Å². The van der Waals surface area contributed by atoms with E-state index in [1.54, 1.807) is 12.1 Å². The highest BCUT2D eigenvalue weighted by atomic mass is 35.5. The first-order chi connectivity index (χ1) is 13.2. The molecule has 0 saturated carbocycles. The number of halogens is 2. The van der Waals surface area contributed by atoms with Crippen LogP contribution >= 0.6 is 11.6 Å². The first-order valence-electron chi connectivity index (χ1n) is 8.48. The largest absolute Gasteiger partial charge is 0.451 e. The van der Waals surface area contributed by atoms with Gasteiger partial charge in [-0.05, 0) is 62.2 Å². The molecule has 0 spiro atoms. The van der Waals surface area contributed by atoms with Gasteiger partial charge in [-0.1, -0.05) is 17.7 Å². The van der Waals surface area contributed by atoms with Crippen LogP contribution in [0.4, 0.5) is 10.1 Å². The number of esters is 1. The smallest absolute Gasteiger partial charge is 0.326 e. The zero-order valence-electron chi connectivity index (χ0n) is 15.6. The Hall–Kier alpha value is -2.93. The van der Waals surface area contributed by atoms with Gasteiger partial charge in [0.2, 0.25) is 0 Å². The minimum absolute atomic E-state index is 0.0209. The van der Waals surface area contributed by atoms with E-state index in [2.05, 4.69) is 10.6 Å². The number of nitrogens with one attached hydrogen (secondary N) is 2. The van der Waals surface area contributed by atoms with Crippen molar-refractivity contribution in [2.45, 2.75) is 26.9 Å². The molecule has 8 heteroatoms. The number of ether oxygens (including phenoxy) is 1. The third kappa shape index (κ3) is 5.79. The molecule has 148 valence electrons. The molecule has 2 amide bonds. The molecular formula is C20H20ClFN2O4. The molecule has 6 nitrogen and oxygen atoms in total. The third-order valence-corrected chi connectivity index (χ3v) is 4.34. The second-order valence-electron chi connectivity index (χ2n) is 6.23. The topological polar surface area (TPSA) is 84.5 Å². The van der Waals surface area contributed by atoms with Crippen molar-refractivity contribution in [1.82, 2.24) is 5.32 Å². The van der Waals surface area contributed by atoms with Crippen LogP contribution in [0.15, 0.2) is 36.4 Å². The SMILES string of the molecule is Cc1ccc(C(=O)NCC(=O)OC(C)C(=O)Nc2ccc(F)cc2Cl)cc1C. The highest BCUT2D eigenvalue weighted by Crippen LogP contribution is 2.22. The van der Waals surface area contributed by atoms with Gasteiger partial charge in [0.1, 0.15) is 12.4 Å². The second kappa shape index (κ2) is 9.32. The minimum atomic E-state index is -1.13. The van der Waals surface area contributed by atoms with Crippen LogP contribution in [0.3, 0.4) is 0 Å². The molecular weight excluding hydrogens is 387 g/mol. The highest BCUT2D eigenvalue weighted by molar-refractivity contribution is 6.33. The van der Waals surface area contributed by atoms with Crippen molar-refractivity contribution in [2.75, 3.05) is 11.9 Å². The number of anilines is 1. The maximum atomic E-state index is 13.0. The zero-order chi connectivity index (χ0) is 20.8. The molecule has 0 saturated heterocycles. The summed E-state index contributed by atoms with van der Waals surface area (Å²) in [6.45, 7) is 4.80. The van der Waals surface area contributed by atoms with Crippen LogP contribution in [-0.4, -0.2) is 30.4 Å². The molecule has 0 aliphatic heterocycles. The van der Waals surface area contributed by atoms with Gasteiger partial charge in [0.15, 0.2) is 6.10 Å². The summed E-state index contributed by atoms with van der Waals surface area (Å²) in [5.74, 6) is -2.37. The molecule has 0 heterocycles. The predicted octanol–water partition coefficient (Wildman–Crippen LogP) is 3.40. The standard InChI is InChI=1S/C20H20ClFN2O4/c1-11-4-5-14(8-12(11)2)20(27)23-10-18(25)28-13(3)19(26)24-17-7-6-15(22)9-16(17)21/h4-9,13H,10H2,1-3H3,(H,23,27)(H,24,26). The van der Waals surface area contributed by atoms with Crippen LogP contribution in [0, 0.1) is 19.7 Å². The number of hydrogen-bond donors (Lipinski definition) is 2. The number of amides is 2. The first-order valence-corrected chi connectivity index (χ1v) is 8.86. The first kappa shape index (κ1) is 21.4. The molecule has 28 heavy (non-hydrogen) atoms. The molecule has 0 fully saturated rings. The average molecular weight is 407 g/mol. The Morgan fingerprint density at radius 3 is 2.46 bits per heavy atom. The summed E-state index contributed by atoms with van der Waals surface area (Å²) in [5, 5.41) is 4.91. The molecule has 2 N–H and O–H groups in total. The Balaban J connectivity index is 1.85. The van der Waals surface area contributed by atoms with Crippen LogP contribution in [0.5, 0.6) is 0 Å².